The summed E-state index contributed by atoms with van der Waals surface area (Å²) in [6.45, 7) is 1.36. The molecular weight excluding hydrogens is 410 g/mol. The number of carbonyl (C=O) groups excluding carboxylic acids is 1. The van der Waals surface area contributed by atoms with Gasteiger partial charge in [0.25, 0.3) is 0 Å². The van der Waals surface area contributed by atoms with Gasteiger partial charge >= 0.3 is 0 Å². The van der Waals surface area contributed by atoms with Crippen LogP contribution in [0.3, 0.4) is 0 Å². The van der Waals surface area contributed by atoms with Gasteiger partial charge < -0.3 is 28.8 Å². The number of para-hydroxylation sites is 1. The third-order valence-electron chi connectivity index (χ3n) is 4.23. The van der Waals surface area contributed by atoms with Gasteiger partial charge in [0.15, 0.2) is 22.6 Å². The maximum atomic E-state index is 11.6. The van der Waals surface area contributed by atoms with E-state index in [2.05, 4.69) is 5.32 Å². The number of carbonyl (C=O) groups is 1. The van der Waals surface area contributed by atoms with Gasteiger partial charge in [-0.25, -0.2) is 4.21 Å². The number of amides is 1. The molecule has 0 bridgehead atoms. The number of nitrogens with one attached hydrogen (secondary N) is 1. The van der Waals surface area contributed by atoms with Gasteiger partial charge in [-0.05, 0) is 29.8 Å². The lowest BCUT2D eigenvalue weighted by atomic mass is 10.0. The second-order valence-electron chi connectivity index (χ2n) is 6.12. The minimum Gasteiger partial charge on any atom is -0.496 e. The Morgan fingerprint density at radius 3 is 2.10 bits per heavy atom. The fourth-order valence-corrected chi connectivity index (χ4v) is 3.53. The molecule has 162 valence electrons. The molecule has 0 saturated heterocycles. The molecule has 30 heavy (non-hydrogen) atoms. The van der Waals surface area contributed by atoms with E-state index in [1.807, 2.05) is 18.2 Å². The number of anilines is 1. The van der Waals surface area contributed by atoms with Gasteiger partial charge in [0.1, 0.15) is 11.5 Å². The third kappa shape index (κ3) is 5.31. The Bertz CT molecular complexity index is 972. The van der Waals surface area contributed by atoms with Gasteiger partial charge in [-0.1, -0.05) is 12.1 Å². The molecule has 0 radical (unpaired) electrons. The predicted octanol–water partition coefficient (Wildman–Crippen LogP) is 3.50. The van der Waals surface area contributed by atoms with E-state index in [0.29, 0.717) is 45.4 Å². The first-order chi connectivity index (χ1) is 14.4. The van der Waals surface area contributed by atoms with E-state index >= 15 is 0 Å². The highest BCUT2D eigenvalue weighted by Gasteiger charge is 2.22. The van der Waals surface area contributed by atoms with Crippen molar-refractivity contribution < 1.29 is 32.5 Å². The monoisotopic (exact) mass is 435 g/mol. The first-order valence-corrected chi connectivity index (χ1v) is 10.2. The molecule has 2 N–H and O–H groups in total. The molecule has 0 aliphatic carbocycles. The molecule has 0 aliphatic heterocycles. The molecule has 8 nitrogen and oxygen atoms in total. The van der Waals surface area contributed by atoms with Crippen molar-refractivity contribution in [2.24, 2.45) is 0 Å². The van der Waals surface area contributed by atoms with Gasteiger partial charge in [-0.3, -0.25) is 4.79 Å². The van der Waals surface area contributed by atoms with Crippen LogP contribution < -0.4 is 14.8 Å². The highest BCUT2D eigenvalue weighted by molar-refractivity contribution is 7.78. The van der Waals surface area contributed by atoms with Crippen molar-refractivity contribution >= 4 is 34.2 Å². The quantitative estimate of drug-likeness (QED) is 0.353. The molecule has 1 unspecified atom stereocenters. The van der Waals surface area contributed by atoms with E-state index in [4.69, 9.17) is 18.9 Å². The average Bonchev–Trinajstić information content (AvgIpc) is 2.71. The summed E-state index contributed by atoms with van der Waals surface area (Å²) in [7, 11) is 5.97. The van der Waals surface area contributed by atoms with Crippen LogP contribution >= 0.6 is 0 Å². The van der Waals surface area contributed by atoms with Crippen molar-refractivity contribution in [2.45, 2.75) is 12.7 Å². The van der Waals surface area contributed by atoms with Crippen molar-refractivity contribution in [3.8, 4) is 11.5 Å². The zero-order valence-electron chi connectivity index (χ0n) is 17.5. The zero-order chi connectivity index (χ0) is 22.3. The molecule has 1 atom stereocenters. The number of ether oxygens (including phenoxy) is 4. The van der Waals surface area contributed by atoms with E-state index < -0.39 is 11.1 Å². The lowest BCUT2D eigenvalue weighted by Gasteiger charge is -2.20. The number of hydrogen-bond acceptors (Lipinski definition) is 6. The molecule has 2 rings (SSSR count). The van der Waals surface area contributed by atoms with Crippen LogP contribution in [-0.2, 0) is 31.1 Å². The van der Waals surface area contributed by atoms with Crippen LogP contribution in [0, 0.1) is 0 Å². The van der Waals surface area contributed by atoms with Crippen LogP contribution in [0.15, 0.2) is 36.4 Å². The van der Waals surface area contributed by atoms with Gasteiger partial charge in [-0.2, -0.15) is 0 Å². The van der Waals surface area contributed by atoms with Crippen LogP contribution in [0.1, 0.15) is 23.6 Å². The summed E-state index contributed by atoms with van der Waals surface area (Å²) in [5.41, 5.74) is 1.96. The van der Waals surface area contributed by atoms with Crippen molar-refractivity contribution in [1.29, 1.82) is 0 Å². The molecule has 1 amide bonds. The van der Waals surface area contributed by atoms with E-state index in [-0.39, 0.29) is 11.7 Å². The van der Waals surface area contributed by atoms with Gasteiger partial charge in [-0.15, -0.1) is 0 Å². The molecule has 0 aromatic heterocycles. The topological polar surface area (TPSA) is 103 Å². The Balaban J connectivity index is 2.82. The number of methoxy groups -OCH3 is 4. The second kappa shape index (κ2) is 10.7. The summed E-state index contributed by atoms with van der Waals surface area (Å²) in [4.78, 5) is 11.6. The largest absolute Gasteiger partial charge is 0.496 e. The molecule has 0 spiro atoms. The molecule has 0 aliphatic rings. The Morgan fingerprint density at radius 1 is 0.967 bits per heavy atom. The summed E-state index contributed by atoms with van der Waals surface area (Å²) >= 11 is -2.14. The zero-order valence-corrected chi connectivity index (χ0v) is 18.3. The lowest BCUT2D eigenvalue weighted by Crippen LogP contribution is -2.10. The van der Waals surface area contributed by atoms with E-state index in [0.717, 1.165) is 0 Å². The first-order valence-electron chi connectivity index (χ1n) is 8.88. The Kier molecular flexibility index (Phi) is 8.25. The molecule has 0 heterocycles. The van der Waals surface area contributed by atoms with Crippen LogP contribution in [0.2, 0.25) is 0 Å². The second-order valence-corrected chi connectivity index (χ2v) is 7.06. The number of rotatable bonds is 9. The molecule has 0 saturated carbocycles. The summed E-state index contributed by atoms with van der Waals surface area (Å²) in [5.74, 6) is 1.12. The maximum Gasteiger partial charge on any atom is 0.221 e. The number of benzene rings is 2. The Labute approximate surface area is 178 Å². The molecule has 9 heteroatoms. The standard InChI is InChI=1S/C21H25NO7S/c1-13(23)22-17-10-14(12-30(24)25)16(11-19(17)27-3)21(29-5)20(28-4)15-8-6-7-9-18(15)26-2/h6-11H,12H2,1-5H3,(H,22,23)(H,24,25). The Morgan fingerprint density at radius 2 is 1.57 bits per heavy atom. The highest BCUT2D eigenvalue weighted by atomic mass is 32.2. The van der Waals surface area contributed by atoms with Crippen LogP contribution in [0.5, 0.6) is 11.5 Å². The van der Waals surface area contributed by atoms with Crippen molar-refractivity contribution in [3.05, 3.63) is 53.1 Å². The normalized spacial score (nSPS) is 12.5. The Hall–Kier alpha value is -3.04. The van der Waals surface area contributed by atoms with Crippen LogP contribution in [0.4, 0.5) is 5.69 Å². The van der Waals surface area contributed by atoms with E-state index in [1.54, 1.807) is 25.3 Å². The lowest BCUT2D eigenvalue weighted by molar-refractivity contribution is -0.114. The van der Waals surface area contributed by atoms with Crippen LogP contribution in [-0.4, -0.2) is 43.1 Å². The van der Waals surface area contributed by atoms with Crippen molar-refractivity contribution in [1.82, 2.24) is 0 Å². The SMILES string of the molecule is COC(=C(OC)c1ccccc1OC)c1cc(OC)c(NC(C)=O)cc1CS(=O)O. The summed E-state index contributed by atoms with van der Waals surface area (Å²) in [6.07, 6.45) is 0. The molecule has 0 fully saturated rings. The van der Waals surface area contributed by atoms with E-state index in [1.165, 1.54) is 28.3 Å². The molecular formula is C21H25NO7S. The average molecular weight is 435 g/mol. The first kappa shape index (κ1) is 23.2. The third-order valence-corrected chi connectivity index (χ3v) is 4.78. The predicted molar refractivity (Wildman–Crippen MR) is 116 cm³/mol. The van der Waals surface area contributed by atoms with Crippen molar-refractivity contribution in [3.63, 3.8) is 0 Å². The summed E-state index contributed by atoms with van der Waals surface area (Å²) in [6, 6.07) is 10.5. The smallest absolute Gasteiger partial charge is 0.221 e. The van der Waals surface area contributed by atoms with Gasteiger partial charge in [0.2, 0.25) is 5.91 Å². The minimum absolute atomic E-state index is 0.193. The summed E-state index contributed by atoms with van der Waals surface area (Å²) < 4.78 is 43.3. The molecule has 2 aromatic carbocycles. The van der Waals surface area contributed by atoms with Crippen molar-refractivity contribution in [2.75, 3.05) is 33.8 Å². The maximum absolute atomic E-state index is 11.6. The highest BCUT2D eigenvalue weighted by Crippen LogP contribution is 2.38. The van der Waals surface area contributed by atoms with Gasteiger partial charge in [0.05, 0.1) is 45.4 Å². The van der Waals surface area contributed by atoms with Crippen LogP contribution in [0.25, 0.3) is 11.5 Å². The summed E-state index contributed by atoms with van der Waals surface area (Å²) in [5, 5.41) is 2.66. The van der Waals surface area contributed by atoms with Gasteiger partial charge in [0, 0.05) is 12.5 Å². The number of hydrogen-bond donors (Lipinski definition) is 2. The van der Waals surface area contributed by atoms with E-state index in [9.17, 15) is 13.6 Å². The fourth-order valence-electron chi connectivity index (χ4n) is 3.03. The fraction of sp³-hybridized carbons (Fsp3) is 0.286. The minimum atomic E-state index is -2.14. The molecule has 2 aromatic rings.